The number of aromatic hydroxyl groups is 1. The Morgan fingerprint density at radius 3 is 2.30 bits per heavy atom. The summed E-state index contributed by atoms with van der Waals surface area (Å²) >= 11 is 0. The van der Waals surface area contributed by atoms with Gasteiger partial charge in [-0.2, -0.15) is 0 Å². The molecule has 0 radical (unpaired) electrons. The number of aliphatic hydroxyl groups excluding tert-OH is 1. The van der Waals surface area contributed by atoms with E-state index in [0.717, 1.165) is 10.9 Å². The van der Waals surface area contributed by atoms with Crippen LogP contribution in [0.4, 0.5) is 10.5 Å². The Balaban J connectivity index is 1.87. The minimum absolute atomic E-state index is 0.0365. The monoisotopic (exact) mass is 407 g/mol. The van der Waals surface area contributed by atoms with E-state index in [9.17, 15) is 19.8 Å². The van der Waals surface area contributed by atoms with Crippen LogP contribution in [0.5, 0.6) is 5.75 Å². The van der Waals surface area contributed by atoms with Crippen molar-refractivity contribution in [3.05, 3.63) is 71.8 Å². The normalized spacial score (nSPS) is 12.9. The van der Waals surface area contributed by atoms with E-state index in [1.807, 2.05) is 25.1 Å². The molecule has 2 atom stereocenters. The Morgan fingerprint density at radius 2 is 1.67 bits per heavy atom. The zero-order valence-corrected chi connectivity index (χ0v) is 17.0. The van der Waals surface area contributed by atoms with Gasteiger partial charge in [-0.25, -0.2) is 4.79 Å². The van der Waals surface area contributed by atoms with Crippen LogP contribution in [-0.4, -0.2) is 28.7 Å². The number of carbonyl (C=O) groups excluding carboxylic acids is 2. The predicted molar refractivity (Wildman–Crippen MR) is 116 cm³/mol. The van der Waals surface area contributed by atoms with E-state index in [1.54, 1.807) is 42.5 Å². The fraction of sp³-hybridized carbons (Fsp3) is 0.250. The average molecular weight is 407 g/mol. The molecule has 6 nitrogen and oxygen atoms in total. The lowest BCUT2D eigenvalue weighted by Gasteiger charge is -2.25. The molecule has 0 unspecified atom stereocenters. The molecule has 0 saturated heterocycles. The van der Waals surface area contributed by atoms with Gasteiger partial charge >= 0.3 is 6.09 Å². The lowest BCUT2D eigenvalue weighted by atomic mass is 9.91. The van der Waals surface area contributed by atoms with Gasteiger partial charge in [0.15, 0.2) is 5.78 Å². The van der Waals surface area contributed by atoms with Crippen molar-refractivity contribution in [3.8, 4) is 5.75 Å². The number of aliphatic hydroxyl groups is 1. The number of amides is 1. The largest absolute Gasteiger partial charge is 0.507 e. The number of anilines is 1. The summed E-state index contributed by atoms with van der Waals surface area (Å²) in [7, 11) is 0. The van der Waals surface area contributed by atoms with E-state index in [-0.39, 0.29) is 24.1 Å². The van der Waals surface area contributed by atoms with Crippen molar-refractivity contribution in [3.63, 3.8) is 0 Å². The Morgan fingerprint density at radius 1 is 1.00 bits per heavy atom. The number of hydrogen-bond acceptors (Lipinski definition) is 5. The highest BCUT2D eigenvalue weighted by atomic mass is 16.6. The number of nitrogens with one attached hydrogen (secondary N) is 1. The highest BCUT2D eigenvalue weighted by Gasteiger charge is 2.26. The third kappa shape index (κ3) is 4.78. The fourth-order valence-corrected chi connectivity index (χ4v) is 3.45. The highest BCUT2D eigenvalue weighted by Crippen LogP contribution is 2.36. The van der Waals surface area contributed by atoms with Crippen LogP contribution in [0.3, 0.4) is 0 Å². The van der Waals surface area contributed by atoms with Gasteiger partial charge in [-0.05, 0) is 55.0 Å². The molecule has 1 amide bonds. The third-order valence-electron chi connectivity index (χ3n) is 5.11. The van der Waals surface area contributed by atoms with E-state index in [2.05, 4.69) is 5.32 Å². The molecule has 0 aliphatic carbocycles. The summed E-state index contributed by atoms with van der Waals surface area (Å²) in [5.41, 5.74) is 1.82. The van der Waals surface area contributed by atoms with Gasteiger partial charge in [-0.15, -0.1) is 0 Å². The predicted octanol–water partition coefficient (Wildman–Crippen LogP) is 5.06. The van der Waals surface area contributed by atoms with Crippen LogP contribution in [0.25, 0.3) is 10.8 Å². The molecule has 0 saturated carbocycles. The number of hydrogen-bond donors (Lipinski definition) is 3. The van der Waals surface area contributed by atoms with Crippen molar-refractivity contribution in [1.29, 1.82) is 0 Å². The summed E-state index contributed by atoms with van der Waals surface area (Å²) in [5.74, 6) is -0.0621. The van der Waals surface area contributed by atoms with Crippen molar-refractivity contribution in [2.45, 2.75) is 26.4 Å². The Bertz CT molecular complexity index is 1050. The quantitative estimate of drug-likeness (QED) is 0.476. The summed E-state index contributed by atoms with van der Waals surface area (Å²) in [5, 5.41) is 23.7. The topological polar surface area (TPSA) is 95.9 Å². The van der Waals surface area contributed by atoms with Crippen LogP contribution in [0.2, 0.25) is 0 Å². The van der Waals surface area contributed by atoms with Crippen molar-refractivity contribution in [2.75, 3.05) is 11.9 Å². The second-order valence-corrected chi connectivity index (χ2v) is 7.29. The van der Waals surface area contributed by atoms with Gasteiger partial charge in [0.05, 0.1) is 0 Å². The minimum Gasteiger partial charge on any atom is -0.507 e. The number of fused-ring (bicyclic) bond motifs is 1. The van der Waals surface area contributed by atoms with Gasteiger partial charge in [0.25, 0.3) is 0 Å². The van der Waals surface area contributed by atoms with Crippen LogP contribution >= 0.6 is 0 Å². The van der Waals surface area contributed by atoms with Crippen LogP contribution in [-0.2, 0) is 4.74 Å². The molecule has 0 spiro atoms. The van der Waals surface area contributed by atoms with Gasteiger partial charge in [0.2, 0.25) is 0 Å². The first kappa shape index (κ1) is 21.3. The molecule has 0 bridgehead atoms. The van der Waals surface area contributed by atoms with E-state index in [1.165, 1.54) is 6.92 Å². The Labute approximate surface area is 175 Å². The second kappa shape index (κ2) is 9.41. The molecule has 3 aromatic carbocycles. The van der Waals surface area contributed by atoms with Crippen molar-refractivity contribution < 1.29 is 24.5 Å². The van der Waals surface area contributed by atoms with Crippen LogP contribution in [0.1, 0.15) is 42.3 Å². The zero-order chi connectivity index (χ0) is 21.7. The molecule has 0 fully saturated rings. The molecule has 30 heavy (non-hydrogen) atoms. The molecular formula is C24H25NO5. The van der Waals surface area contributed by atoms with Crippen LogP contribution in [0, 0.1) is 5.92 Å². The van der Waals surface area contributed by atoms with Crippen molar-refractivity contribution >= 4 is 28.3 Å². The number of ketones is 1. The van der Waals surface area contributed by atoms with Crippen molar-refractivity contribution in [2.24, 2.45) is 5.92 Å². The van der Waals surface area contributed by atoms with Gasteiger partial charge in [-0.1, -0.05) is 37.3 Å². The first-order chi connectivity index (χ1) is 14.4. The lowest BCUT2D eigenvalue weighted by Crippen LogP contribution is -2.22. The van der Waals surface area contributed by atoms with Gasteiger partial charge in [0, 0.05) is 28.8 Å². The fourth-order valence-electron chi connectivity index (χ4n) is 3.45. The molecule has 0 aromatic heterocycles. The average Bonchev–Trinajstić information content (AvgIpc) is 2.73. The summed E-state index contributed by atoms with van der Waals surface area (Å²) < 4.78 is 5.77. The molecule has 3 aromatic rings. The molecular weight excluding hydrogens is 382 g/mol. The number of phenols is 1. The molecule has 6 heteroatoms. The van der Waals surface area contributed by atoms with Crippen molar-refractivity contribution in [1.82, 2.24) is 0 Å². The smallest absolute Gasteiger partial charge is 0.412 e. The standard InChI is InChI=1S/C24H25NO5/c1-15(13-14-26)23(21-11-12-22(28)20-6-4-3-5-19(20)21)30-24(29)25-18-9-7-17(8-10-18)16(2)27/h3-12,15,23,26,28H,13-14H2,1-2H3,(H,25,29)/t15-,23-/m1/s1. The Kier molecular flexibility index (Phi) is 6.69. The minimum atomic E-state index is -0.641. The number of phenolic OH excluding ortho intramolecular Hbond substituents is 1. The number of rotatable bonds is 7. The van der Waals surface area contributed by atoms with E-state index in [4.69, 9.17) is 4.74 Å². The maximum absolute atomic E-state index is 12.6. The van der Waals surface area contributed by atoms with Crippen LogP contribution in [0.15, 0.2) is 60.7 Å². The molecule has 0 heterocycles. The zero-order valence-electron chi connectivity index (χ0n) is 17.0. The molecule has 0 aliphatic heterocycles. The van der Waals surface area contributed by atoms with Gasteiger partial charge in [-0.3, -0.25) is 10.1 Å². The van der Waals surface area contributed by atoms with E-state index < -0.39 is 12.2 Å². The number of ether oxygens (including phenoxy) is 1. The Hall–Kier alpha value is -3.38. The molecule has 3 rings (SSSR count). The first-order valence-corrected chi connectivity index (χ1v) is 9.80. The number of benzene rings is 3. The maximum Gasteiger partial charge on any atom is 0.412 e. The summed E-state index contributed by atoms with van der Waals surface area (Å²) in [4.78, 5) is 24.0. The molecule has 0 aliphatic rings. The summed E-state index contributed by atoms with van der Waals surface area (Å²) in [6.07, 6.45) is -0.822. The van der Waals surface area contributed by atoms with Gasteiger partial charge in [0.1, 0.15) is 11.9 Å². The number of Topliss-reactive ketones (excluding diaryl/α,β-unsaturated/α-hetero) is 1. The maximum atomic E-state index is 12.6. The van der Waals surface area contributed by atoms with E-state index >= 15 is 0 Å². The number of carbonyl (C=O) groups is 2. The summed E-state index contributed by atoms with van der Waals surface area (Å²) in [6, 6.07) is 17.2. The summed E-state index contributed by atoms with van der Waals surface area (Å²) in [6.45, 7) is 3.34. The SMILES string of the molecule is CC(=O)c1ccc(NC(=O)O[C@@H](c2ccc(O)c3ccccc23)[C@H](C)CCO)cc1. The lowest BCUT2D eigenvalue weighted by molar-refractivity contribution is 0.0676. The first-order valence-electron chi connectivity index (χ1n) is 9.80. The molecule has 3 N–H and O–H groups in total. The van der Waals surface area contributed by atoms with E-state index in [0.29, 0.717) is 23.1 Å². The van der Waals surface area contributed by atoms with Gasteiger partial charge < -0.3 is 14.9 Å². The van der Waals surface area contributed by atoms with Crippen LogP contribution < -0.4 is 5.32 Å². The molecule has 156 valence electrons. The third-order valence-corrected chi connectivity index (χ3v) is 5.11. The highest BCUT2D eigenvalue weighted by molar-refractivity contribution is 5.95. The second-order valence-electron chi connectivity index (χ2n) is 7.29.